The number of sulfone groups is 1. The molecule has 0 fully saturated rings. The largest absolute Gasteiger partial charge is 0.334 e. The van der Waals surface area contributed by atoms with Gasteiger partial charge < -0.3 is 10.6 Å². The molecule has 0 aliphatic heterocycles. The third-order valence-electron chi connectivity index (χ3n) is 4.00. The van der Waals surface area contributed by atoms with E-state index in [0.29, 0.717) is 5.69 Å². The second-order valence-corrected chi connectivity index (χ2v) is 8.18. The molecule has 1 aromatic heterocycles. The van der Waals surface area contributed by atoms with Crippen molar-refractivity contribution in [3.63, 3.8) is 0 Å². The second-order valence-electron chi connectivity index (χ2n) is 6.19. The molecule has 6 nitrogen and oxygen atoms in total. The van der Waals surface area contributed by atoms with Crippen molar-refractivity contribution >= 4 is 21.6 Å². The summed E-state index contributed by atoms with van der Waals surface area (Å²) in [6.45, 7) is 0.283. The topological polar surface area (TPSA) is 88.2 Å². The molecule has 3 rings (SSSR count). The normalized spacial score (nSPS) is 11.1. The predicted octanol–water partition coefficient (Wildman–Crippen LogP) is 3.66. The van der Waals surface area contributed by atoms with Crippen LogP contribution in [0.2, 0.25) is 0 Å². The average Bonchev–Trinajstić information content (AvgIpc) is 2.70. The van der Waals surface area contributed by atoms with Crippen LogP contribution in [0.25, 0.3) is 0 Å². The smallest absolute Gasteiger partial charge is 0.319 e. The van der Waals surface area contributed by atoms with E-state index >= 15 is 0 Å². The van der Waals surface area contributed by atoms with Crippen molar-refractivity contribution in [2.75, 3.05) is 5.32 Å². The van der Waals surface area contributed by atoms with Crippen molar-refractivity contribution in [1.82, 2.24) is 10.3 Å². The molecule has 2 N–H and O–H groups in total. The molecular formula is C20H17F2N3O3S. The van der Waals surface area contributed by atoms with Gasteiger partial charge in [0.25, 0.3) is 0 Å². The van der Waals surface area contributed by atoms with Crippen LogP contribution >= 0.6 is 0 Å². The fourth-order valence-corrected chi connectivity index (χ4v) is 3.90. The van der Waals surface area contributed by atoms with Crippen LogP contribution in [-0.4, -0.2) is 19.4 Å². The molecule has 29 heavy (non-hydrogen) atoms. The molecule has 0 atom stereocenters. The van der Waals surface area contributed by atoms with Gasteiger partial charge in [0.1, 0.15) is 11.6 Å². The minimum absolute atomic E-state index is 0.0671. The van der Waals surface area contributed by atoms with E-state index in [-0.39, 0.29) is 17.0 Å². The zero-order valence-corrected chi connectivity index (χ0v) is 15.9. The number of hydrogen-bond acceptors (Lipinski definition) is 4. The van der Waals surface area contributed by atoms with Gasteiger partial charge in [0.2, 0.25) is 0 Å². The molecule has 2 amide bonds. The lowest BCUT2D eigenvalue weighted by Crippen LogP contribution is -2.28. The molecule has 0 saturated heterocycles. The summed E-state index contributed by atoms with van der Waals surface area (Å²) in [5.41, 5.74) is 0.959. The van der Waals surface area contributed by atoms with Crippen LogP contribution in [0.15, 0.2) is 71.9 Å². The van der Waals surface area contributed by atoms with E-state index in [2.05, 4.69) is 15.6 Å². The molecule has 3 aromatic rings. The number of hydrogen-bond donors (Lipinski definition) is 2. The van der Waals surface area contributed by atoms with Gasteiger partial charge in [-0.1, -0.05) is 6.07 Å². The number of aromatic nitrogens is 1. The number of nitrogens with zero attached hydrogens (tertiary/aromatic N) is 1. The number of rotatable bonds is 6. The van der Waals surface area contributed by atoms with Crippen LogP contribution in [0.4, 0.5) is 19.3 Å². The second kappa shape index (κ2) is 8.78. The summed E-state index contributed by atoms with van der Waals surface area (Å²) >= 11 is 0. The van der Waals surface area contributed by atoms with Crippen LogP contribution in [-0.2, 0) is 22.1 Å². The van der Waals surface area contributed by atoms with Gasteiger partial charge in [-0.15, -0.1) is 0 Å². The highest BCUT2D eigenvalue weighted by molar-refractivity contribution is 7.90. The first-order valence-corrected chi connectivity index (χ1v) is 10.2. The Kier molecular flexibility index (Phi) is 6.18. The maximum Gasteiger partial charge on any atom is 0.319 e. The highest BCUT2D eigenvalue weighted by Crippen LogP contribution is 2.21. The maximum atomic E-state index is 13.7. The number of amides is 2. The monoisotopic (exact) mass is 417 g/mol. The first kappa shape index (κ1) is 20.4. The minimum Gasteiger partial charge on any atom is -0.334 e. The summed E-state index contributed by atoms with van der Waals surface area (Å²) < 4.78 is 51.9. The Morgan fingerprint density at radius 2 is 1.79 bits per heavy atom. The third kappa shape index (κ3) is 5.58. The standard InChI is InChI=1S/C20H17F2N3O3S/c21-16-3-8-19(22)15(10-16)13-29(27,28)18-6-4-17(5-7-18)25-20(26)24-12-14-2-1-9-23-11-14/h1-11H,12-13H2,(H2,24,25,26). The average molecular weight is 417 g/mol. The van der Waals surface area contributed by atoms with E-state index in [1.165, 1.54) is 24.3 Å². The Morgan fingerprint density at radius 1 is 1.03 bits per heavy atom. The Morgan fingerprint density at radius 3 is 2.48 bits per heavy atom. The van der Waals surface area contributed by atoms with Crippen LogP contribution < -0.4 is 10.6 Å². The Balaban J connectivity index is 1.63. The number of carbonyl (C=O) groups is 1. The summed E-state index contributed by atoms with van der Waals surface area (Å²) in [7, 11) is -3.89. The molecule has 0 radical (unpaired) electrons. The molecule has 0 saturated carbocycles. The summed E-state index contributed by atoms with van der Waals surface area (Å²) in [5.74, 6) is -2.18. The van der Waals surface area contributed by atoms with Gasteiger partial charge in [0, 0.05) is 30.2 Å². The van der Waals surface area contributed by atoms with Gasteiger partial charge in [-0.25, -0.2) is 22.0 Å². The number of nitrogens with one attached hydrogen (secondary N) is 2. The highest BCUT2D eigenvalue weighted by Gasteiger charge is 2.18. The number of urea groups is 1. The van der Waals surface area contributed by atoms with Crippen molar-refractivity contribution in [3.8, 4) is 0 Å². The molecule has 1 heterocycles. The first-order chi connectivity index (χ1) is 13.8. The van der Waals surface area contributed by atoms with Crippen LogP contribution in [0, 0.1) is 11.6 Å². The van der Waals surface area contributed by atoms with Crippen LogP contribution in [0.1, 0.15) is 11.1 Å². The van der Waals surface area contributed by atoms with Gasteiger partial charge in [-0.05, 0) is 54.1 Å². The molecule has 0 unspecified atom stereocenters. The van der Waals surface area contributed by atoms with Gasteiger partial charge >= 0.3 is 6.03 Å². The van der Waals surface area contributed by atoms with Gasteiger partial charge in [-0.3, -0.25) is 4.98 Å². The molecule has 0 bridgehead atoms. The van der Waals surface area contributed by atoms with Gasteiger partial charge in [0.05, 0.1) is 10.6 Å². The molecule has 0 aliphatic carbocycles. The minimum atomic E-state index is -3.89. The fraction of sp³-hybridized carbons (Fsp3) is 0.100. The van der Waals surface area contributed by atoms with E-state index in [0.717, 1.165) is 23.8 Å². The Bertz CT molecular complexity index is 1110. The number of benzene rings is 2. The maximum absolute atomic E-state index is 13.7. The number of carbonyl (C=O) groups excluding carboxylic acids is 1. The number of anilines is 1. The first-order valence-electron chi connectivity index (χ1n) is 8.54. The summed E-state index contributed by atoms with van der Waals surface area (Å²) in [6, 6.07) is 11.2. The zero-order chi connectivity index (χ0) is 20.9. The summed E-state index contributed by atoms with van der Waals surface area (Å²) in [4.78, 5) is 15.8. The van der Waals surface area contributed by atoms with Crippen LogP contribution in [0.5, 0.6) is 0 Å². The zero-order valence-electron chi connectivity index (χ0n) is 15.1. The van der Waals surface area contributed by atoms with Crippen molar-refractivity contribution in [1.29, 1.82) is 0 Å². The van der Waals surface area contributed by atoms with Crippen LogP contribution in [0.3, 0.4) is 0 Å². The Labute approximate surface area is 166 Å². The van der Waals surface area contributed by atoms with E-state index in [1.54, 1.807) is 18.5 Å². The quantitative estimate of drug-likeness (QED) is 0.641. The van der Waals surface area contributed by atoms with Gasteiger partial charge in [0.15, 0.2) is 9.84 Å². The van der Waals surface area contributed by atoms with E-state index in [4.69, 9.17) is 0 Å². The predicted molar refractivity (Wildman–Crippen MR) is 104 cm³/mol. The van der Waals surface area contributed by atoms with E-state index < -0.39 is 33.3 Å². The molecule has 9 heteroatoms. The van der Waals surface area contributed by atoms with Crippen molar-refractivity contribution in [2.24, 2.45) is 0 Å². The number of halogens is 2. The summed E-state index contributed by atoms with van der Waals surface area (Å²) in [5, 5.41) is 5.23. The lowest BCUT2D eigenvalue weighted by Gasteiger charge is -2.09. The highest BCUT2D eigenvalue weighted by atomic mass is 32.2. The molecule has 2 aromatic carbocycles. The lowest BCUT2D eigenvalue weighted by atomic mass is 10.2. The third-order valence-corrected chi connectivity index (χ3v) is 5.68. The fourth-order valence-electron chi connectivity index (χ4n) is 2.55. The lowest BCUT2D eigenvalue weighted by molar-refractivity contribution is 0.251. The molecule has 150 valence electrons. The SMILES string of the molecule is O=C(NCc1cccnc1)Nc1ccc(S(=O)(=O)Cc2cc(F)ccc2F)cc1. The van der Waals surface area contributed by atoms with Crippen molar-refractivity contribution in [3.05, 3.63) is 89.8 Å². The molecular weight excluding hydrogens is 400 g/mol. The molecule has 0 aliphatic rings. The molecule has 0 spiro atoms. The Hall–Kier alpha value is -3.33. The van der Waals surface area contributed by atoms with E-state index in [9.17, 15) is 22.0 Å². The van der Waals surface area contributed by atoms with Crippen molar-refractivity contribution < 1.29 is 22.0 Å². The number of pyridine rings is 1. The van der Waals surface area contributed by atoms with Gasteiger partial charge in [-0.2, -0.15) is 0 Å². The van der Waals surface area contributed by atoms with E-state index in [1.807, 2.05) is 6.07 Å². The summed E-state index contributed by atoms with van der Waals surface area (Å²) in [6.07, 6.45) is 3.25. The van der Waals surface area contributed by atoms with Crippen molar-refractivity contribution in [2.45, 2.75) is 17.2 Å².